The van der Waals surface area contributed by atoms with E-state index in [1.165, 1.54) is 0 Å². The zero-order chi connectivity index (χ0) is 12.5. The molecule has 2 fully saturated rings. The Kier molecular flexibility index (Phi) is 3.46. The Morgan fingerprint density at radius 2 is 2.00 bits per heavy atom. The SMILES string of the molecule is CC(C)(C)CN1C(=O)COCC12CCNCC2. The van der Waals surface area contributed by atoms with Gasteiger partial charge in [0, 0.05) is 6.54 Å². The molecule has 1 amide bonds. The number of rotatable bonds is 1. The van der Waals surface area contributed by atoms with Crippen molar-refractivity contribution in [2.75, 3.05) is 32.8 Å². The van der Waals surface area contributed by atoms with Crippen LogP contribution in [-0.2, 0) is 9.53 Å². The van der Waals surface area contributed by atoms with Gasteiger partial charge < -0.3 is 15.0 Å². The van der Waals surface area contributed by atoms with Crippen LogP contribution in [0.25, 0.3) is 0 Å². The van der Waals surface area contributed by atoms with Gasteiger partial charge in [0.15, 0.2) is 0 Å². The number of amides is 1. The van der Waals surface area contributed by atoms with E-state index in [0.717, 1.165) is 32.5 Å². The van der Waals surface area contributed by atoms with Crippen LogP contribution in [0.3, 0.4) is 0 Å². The van der Waals surface area contributed by atoms with Crippen molar-refractivity contribution in [2.24, 2.45) is 5.41 Å². The highest BCUT2D eigenvalue weighted by atomic mass is 16.5. The van der Waals surface area contributed by atoms with Gasteiger partial charge in [-0.2, -0.15) is 0 Å². The summed E-state index contributed by atoms with van der Waals surface area (Å²) in [6.07, 6.45) is 2.02. The van der Waals surface area contributed by atoms with Crippen LogP contribution < -0.4 is 5.32 Å². The first-order chi connectivity index (χ1) is 7.93. The largest absolute Gasteiger partial charge is 0.369 e. The summed E-state index contributed by atoms with van der Waals surface area (Å²) in [5.74, 6) is 0.160. The minimum absolute atomic E-state index is 0.0478. The van der Waals surface area contributed by atoms with Gasteiger partial charge in [0.1, 0.15) is 6.61 Å². The van der Waals surface area contributed by atoms with Crippen LogP contribution >= 0.6 is 0 Å². The molecule has 0 aliphatic carbocycles. The van der Waals surface area contributed by atoms with E-state index < -0.39 is 0 Å². The van der Waals surface area contributed by atoms with Gasteiger partial charge in [-0.15, -0.1) is 0 Å². The Balaban J connectivity index is 2.18. The molecule has 4 nitrogen and oxygen atoms in total. The molecule has 0 aromatic carbocycles. The van der Waals surface area contributed by atoms with Crippen molar-refractivity contribution >= 4 is 5.91 Å². The van der Waals surface area contributed by atoms with Crippen LogP contribution in [0.5, 0.6) is 0 Å². The second-order valence-electron chi connectivity index (χ2n) is 6.51. The van der Waals surface area contributed by atoms with E-state index in [1.54, 1.807) is 0 Å². The lowest BCUT2D eigenvalue weighted by Gasteiger charge is -2.50. The molecule has 2 aliphatic heterocycles. The van der Waals surface area contributed by atoms with Crippen LogP contribution in [-0.4, -0.2) is 49.2 Å². The quantitative estimate of drug-likeness (QED) is 0.744. The van der Waals surface area contributed by atoms with Crippen LogP contribution in [0.4, 0.5) is 0 Å². The standard InChI is InChI=1S/C13H24N2O2/c1-12(2,3)9-15-11(16)8-17-10-13(15)4-6-14-7-5-13/h14H,4-10H2,1-3H3. The van der Waals surface area contributed by atoms with Gasteiger partial charge in [0.2, 0.25) is 5.91 Å². The number of nitrogens with zero attached hydrogens (tertiary/aromatic N) is 1. The topological polar surface area (TPSA) is 41.6 Å². The van der Waals surface area contributed by atoms with Crippen molar-refractivity contribution in [2.45, 2.75) is 39.2 Å². The van der Waals surface area contributed by atoms with E-state index in [2.05, 4.69) is 31.0 Å². The molecular weight excluding hydrogens is 216 g/mol. The molecule has 2 heterocycles. The molecule has 0 aromatic rings. The number of piperidine rings is 1. The van der Waals surface area contributed by atoms with E-state index >= 15 is 0 Å². The highest BCUT2D eigenvalue weighted by Crippen LogP contribution is 2.32. The maximum absolute atomic E-state index is 12.1. The summed E-state index contributed by atoms with van der Waals surface area (Å²) in [6, 6.07) is 0. The van der Waals surface area contributed by atoms with Crippen molar-refractivity contribution in [1.82, 2.24) is 10.2 Å². The summed E-state index contributed by atoms with van der Waals surface area (Å²) in [4.78, 5) is 14.2. The third-order valence-corrected chi connectivity index (χ3v) is 3.64. The highest BCUT2D eigenvalue weighted by Gasteiger charge is 2.44. The zero-order valence-corrected chi connectivity index (χ0v) is 11.2. The summed E-state index contributed by atoms with van der Waals surface area (Å²) < 4.78 is 5.50. The summed E-state index contributed by atoms with van der Waals surface area (Å²) in [7, 11) is 0. The molecule has 2 aliphatic rings. The molecule has 4 heteroatoms. The zero-order valence-electron chi connectivity index (χ0n) is 11.2. The molecule has 0 atom stereocenters. The van der Waals surface area contributed by atoms with Crippen LogP contribution in [0, 0.1) is 5.41 Å². The smallest absolute Gasteiger partial charge is 0.249 e. The Morgan fingerprint density at radius 1 is 1.35 bits per heavy atom. The molecule has 98 valence electrons. The van der Waals surface area contributed by atoms with Gasteiger partial charge in [-0.25, -0.2) is 0 Å². The second-order valence-corrected chi connectivity index (χ2v) is 6.51. The van der Waals surface area contributed by atoms with E-state index in [4.69, 9.17) is 4.74 Å². The predicted molar refractivity (Wildman–Crippen MR) is 66.8 cm³/mol. The molecule has 17 heavy (non-hydrogen) atoms. The molecule has 0 bridgehead atoms. The van der Waals surface area contributed by atoms with Crippen LogP contribution in [0.15, 0.2) is 0 Å². The van der Waals surface area contributed by atoms with Crippen molar-refractivity contribution in [1.29, 1.82) is 0 Å². The van der Waals surface area contributed by atoms with Gasteiger partial charge in [0.05, 0.1) is 12.1 Å². The summed E-state index contributed by atoms with van der Waals surface area (Å²) >= 11 is 0. The maximum Gasteiger partial charge on any atom is 0.249 e. The van der Waals surface area contributed by atoms with E-state index in [0.29, 0.717) is 6.61 Å². The van der Waals surface area contributed by atoms with Crippen molar-refractivity contribution in [3.63, 3.8) is 0 Å². The molecule has 0 aromatic heterocycles. The van der Waals surface area contributed by atoms with E-state index in [-0.39, 0.29) is 23.5 Å². The number of ether oxygens (including phenoxy) is 1. The van der Waals surface area contributed by atoms with Gasteiger partial charge in [-0.05, 0) is 31.3 Å². The van der Waals surface area contributed by atoms with Gasteiger partial charge in [0.25, 0.3) is 0 Å². The first-order valence-electron chi connectivity index (χ1n) is 6.52. The van der Waals surface area contributed by atoms with Crippen molar-refractivity contribution < 1.29 is 9.53 Å². The molecule has 1 N–H and O–H groups in total. The number of hydrogen-bond donors (Lipinski definition) is 1. The number of carbonyl (C=O) groups is 1. The van der Waals surface area contributed by atoms with Crippen molar-refractivity contribution in [3.05, 3.63) is 0 Å². The summed E-state index contributed by atoms with van der Waals surface area (Å²) in [5, 5.41) is 3.36. The summed E-state index contributed by atoms with van der Waals surface area (Å²) in [5.41, 5.74) is 0.0960. The third kappa shape index (κ3) is 2.80. The average Bonchev–Trinajstić information content (AvgIpc) is 2.24. The lowest BCUT2D eigenvalue weighted by Crippen LogP contribution is -2.64. The molecule has 0 saturated carbocycles. The number of carbonyl (C=O) groups excluding carboxylic acids is 1. The van der Waals surface area contributed by atoms with Gasteiger partial charge in [-0.1, -0.05) is 20.8 Å². The van der Waals surface area contributed by atoms with Gasteiger partial charge in [-0.3, -0.25) is 4.79 Å². The fourth-order valence-corrected chi connectivity index (χ4v) is 2.79. The number of nitrogens with one attached hydrogen (secondary N) is 1. The minimum atomic E-state index is -0.0478. The van der Waals surface area contributed by atoms with Crippen molar-refractivity contribution in [3.8, 4) is 0 Å². The van der Waals surface area contributed by atoms with Crippen LogP contribution in [0.1, 0.15) is 33.6 Å². The molecule has 2 rings (SSSR count). The molecule has 1 spiro atoms. The lowest BCUT2D eigenvalue weighted by molar-refractivity contribution is -0.163. The first kappa shape index (κ1) is 12.8. The summed E-state index contributed by atoms with van der Waals surface area (Å²) in [6.45, 7) is 10.3. The fourth-order valence-electron chi connectivity index (χ4n) is 2.79. The van der Waals surface area contributed by atoms with Crippen LogP contribution in [0.2, 0.25) is 0 Å². The Hall–Kier alpha value is -0.610. The first-order valence-corrected chi connectivity index (χ1v) is 6.52. The normalized spacial score (nSPS) is 25.4. The molecule has 0 unspecified atom stereocenters. The Morgan fingerprint density at radius 3 is 2.59 bits per heavy atom. The lowest BCUT2D eigenvalue weighted by atomic mass is 9.83. The molecular formula is C13H24N2O2. The fraction of sp³-hybridized carbons (Fsp3) is 0.923. The van der Waals surface area contributed by atoms with Gasteiger partial charge >= 0.3 is 0 Å². The third-order valence-electron chi connectivity index (χ3n) is 3.64. The molecule has 2 saturated heterocycles. The Labute approximate surface area is 104 Å². The monoisotopic (exact) mass is 240 g/mol. The van der Waals surface area contributed by atoms with E-state index in [9.17, 15) is 4.79 Å². The van der Waals surface area contributed by atoms with E-state index in [1.807, 2.05) is 0 Å². The molecule has 0 radical (unpaired) electrons. The number of morpholine rings is 1. The highest BCUT2D eigenvalue weighted by molar-refractivity contribution is 5.79. The minimum Gasteiger partial charge on any atom is -0.369 e. The predicted octanol–water partition coefficient (Wildman–Crippen LogP) is 1.01. The maximum atomic E-state index is 12.1. The average molecular weight is 240 g/mol. The Bertz CT molecular complexity index is 285. The second kappa shape index (κ2) is 4.58. The number of hydrogen-bond acceptors (Lipinski definition) is 3.